The molecule has 0 bridgehead atoms. The minimum Gasteiger partial charge on any atom is -0.328 e. The Morgan fingerprint density at radius 2 is 1.93 bits per heavy atom. The van der Waals surface area contributed by atoms with Gasteiger partial charge < -0.3 is 5.73 Å². The number of hydrogen-bond acceptors (Lipinski definition) is 3. The molecule has 14 heavy (non-hydrogen) atoms. The molecule has 0 unspecified atom stereocenters. The Labute approximate surface area is 85.4 Å². The van der Waals surface area contributed by atoms with Crippen molar-refractivity contribution in [3.63, 3.8) is 0 Å². The third-order valence-electron chi connectivity index (χ3n) is 2.51. The van der Waals surface area contributed by atoms with E-state index in [1.54, 1.807) is 6.92 Å². The summed E-state index contributed by atoms with van der Waals surface area (Å²) in [5.41, 5.74) is 5.73. The normalized spacial score (nSPS) is 27.9. The van der Waals surface area contributed by atoms with E-state index < -0.39 is 10.0 Å². The highest BCUT2D eigenvalue weighted by Gasteiger charge is 2.23. The molecule has 0 radical (unpaired) electrons. The van der Waals surface area contributed by atoms with Crippen LogP contribution in [0.25, 0.3) is 4.25 Å². The van der Waals surface area contributed by atoms with Crippen molar-refractivity contribution in [2.45, 2.75) is 38.6 Å². The summed E-state index contributed by atoms with van der Waals surface area (Å²) in [4.78, 5) is 0. The SMILES string of the molecule is CCS(=O)(=O)[N+]#CC1CCC(N)CC1. The third-order valence-corrected chi connectivity index (χ3v) is 3.62. The molecule has 1 aliphatic rings. The lowest BCUT2D eigenvalue weighted by molar-refractivity contribution is 0.384. The monoisotopic (exact) mass is 217 g/mol. The van der Waals surface area contributed by atoms with Gasteiger partial charge in [-0.2, -0.15) is 0 Å². The second kappa shape index (κ2) is 4.76. The fourth-order valence-electron chi connectivity index (χ4n) is 1.47. The van der Waals surface area contributed by atoms with Gasteiger partial charge in [0, 0.05) is 6.04 Å². The molecule has 1 saturated carbocycles. The van der Waals surface area contributed by atoms with Crippen molar-refractivity contribution < 1.29 is 8.42 Å². The van der Waals surface area contributed by atoms with E-state index in [1.165, 1.54) is 0 Å². The highest BCUT2D eigenvalue weighted by atomic mass is 32.2. The minimum atomic E-state index is -3.25. The Morgan fingerprint density at radius 3 is 2.43 bits per heavy atom. The molecule has 2 N–H and O–H groups in total. The summed E-state index contributed by atoms with van der Waals surface area (Å²) in [5, 5.41) is 0. The number of rotatable bonds is 1. The van der Waals surface area contributed by atoms with E-state index in [2.05, 4.69) is 10.3 Å². The largest absolute Gasteiger partial charge is 0.478 e. The number of hydrogen-bond donors (Lipinski definition) is 1. The van der Waals surface area contributed by atoms with E-state index in [9.17, 15) is 8.42 Å². The van der Waals surface area contributed by atoms with Crippen LogP contribution in [0, 0.1) is 12.0 Å². The van der Waals surface area contributed by atoms with E-state index in [-0.39, 0.29) is 17.7 Å². The Bertz CT molecular complexity index is 332. The Morgan fingerprint density at radius 1 is 1.36 bits per heavy atom. The average Bonchev–Trinajstić information content (AvgIpc) is 2.17. The van der Waals surface area contributed by atoms with Crippen LogP contribution >= 0.6 is 0 Å². The van der Waals surface area contributed by atoms with Crippen LogP contribution in [0.1, 0.15) is 32.6 Å². The number of nitrogens with zero attached hydrogens (tertiary/aromatic N) is 1. The molecular formula is C9H17N2O2S+. The van der Waals surface area contributed by atoms with Crippen molar-refractivity contribution in [2.24, 2.45) is 11.7 Å². The highest BCUT2D eigenvalue weighted by Crippen LogP contribution is 2.22. The Hall–Kier alpha value is -0.600. The molecule has 5 heteroatoms. The predicted molar refractivity (Wildman–Crippen MR) is 56.6 cm³/mol. The standard InChI is InChI=1S/C9H17N2O2S/c1-2-14(12,13)11-7-8-3-5-9(10)6-4-8/h8-9H,2-6,10H2,1H3/q+1. The zero-order valence-corrected chi connectivity index (χ0v) is 9.26. The van der Waals surface area contributed by atoms with Crippen molar-refractivity contribution in [1.29, 1.82) is 0 Å². The zero-order valence-electron chi connectivity index (χ0n) is 8.44. The fraction of sp³-hybridized carbons (Fsp3) is 0.889. The molecule has 0 heterocycles. The van der Waals surface area contributed by atoms with E-state index in [1.807, 2.05) is 0 Å². The van der Waals surface area contributed by atoms with Gasteiger partial charge in [0.25, 0.3) is 0 Å². The van der Waals surface area contributed by atoms with Crippen molar-refractivity contribution >= 4 is 10.0 Å². The summed E-state index contributed by atoms with van der Waals surface area (Å²) in [6, 6.07) is 2.99. The summed E-state index contributed by atoms with van der Waals surface area (Å²) in [6.45, 7) is 1.58. The van der Waals surface area contributed by atoms with Gasteiger partial charge in [-0.15, -0.1) is 8.42 Å². The van der Waals surface area contributed by atoms with Gasteiger partial charge in [-0.1, -0.05) is 0 Å². The smallest absolute Gasteiger partial charge is 0.328 e. The molecule has 0 aromatic carbocycles. The first-order chi connectivity index (χ1) is 6.53. The lowest BCUT2D eigenvalue weighted by atomic mass is 9.88. The molecule has 0 aliphatic heterocycles. The maximum absolute atomic E-state index is 11.1. The van der Waals surface area contributed by atoms with Crippen LogP contribution in [-0.4, -0.2) is 20.2 Å². The number of sulfonamides is 1. The predicted octanol–water partition coefficient (Wildman–Crippen LogP) is 1.19. The van der Waals surface area contributed by atoms with Gasteiger partial charge in [0.05, 0.1) is 10.2 Å². The molecule has 80 valence electrons. The van der Waals surface area contributed by atoms with E-state index in [0.29, 0.717) is 0 Å². The topological polar surface area (TPSA) is 64.5 Å². The van der Waals surface area contributed by atoms with Gasteiger partial charge in [0.2, 0.25) is 0 Å². The van der Waals surface area contributed by atoms with Crippen LogP contribution in [0.2, 0.25) is 0 Å². The Balaban J connectivity index is 2.53. The average molecular weight is 217 g/mol. The van der Waals surface area contributed by atoms with Crippen LogP contribution < -0.4 is 5.73 Å². The van der Waals surface area contributed by atoms with Gasteiger partial charge in [0.1, 0.15) is 5.75 Å². The molecule has 0 aromatic rings. The summed E-state index contributed by atoms with van der Waals surface area (Å²) in [7, 11) is -3.25. The van der Waals surface area contributed by atoms with Crippen molar-refractivity contribution in [3.05, 3.63) is 4.25 Å². The second-order valence-electron chi connectivity index (χ2n) is 3.70. The quantitative estimate of drug-likeness (QED) is 0.717. The first-order valence-corrected chi connectivity index (χ1v) is 6.60. The maximum Gasteiger partial charge on any atom is 0.478 e. The van der Waals surface area contributed by atoms with Gasteiger partial charge in [0.15, 0.2) is 0 Å². The third kappa shape index (κ3) is 3.64. The van der Waals surface area contributed by atoms with Gasteiger partial charge >= 0.3 is 16.1 Å². The second-order valence-corrected chi connectivity index (χ2v) is 5.63. The summed E-state index contributed by atoms with van der Waals surface area (Å²) in [5.74, 6) is 0.225. The molecule has 4 nitrogen and oxygen atoms in total. The maximum atomic E-state index is 11.1. The summed E-state index contributed by atoms with van der Waals surface area (Å²) < 4.78 is 25.6. The molecular weight excluding hydrogens is 200 g/mol. The summed E-state index contributed by atoms with van der Waals surface area (Å²) in [6.07, 6.45) is 3.70. The molecule has 0 amide bonds. The van der Waals surface area contributed by atoms with Crippen LogP contribution in [-0.2, 0) is 10.0 Å². The molecule has 0 atom stereocenters. The first-order valence-electron chi connectivity index (χ1n) is 4.99. The molecule has 1 aliphatic carbocycles. The lowest BCUT2D eigenvalue weighted by Gasteiger charge is -2.18. The zero-order chi connectivity index (χ0) is 10.6. The van der Waals surface area contributed by atoms with Crippen LogP contribution in [0.4, 0.5) is 0 Å². The molecule has 0 saturated heterocycles. The fourth-order valence-corrected chi connectivity index (χ4v) is 1.91. The van der Waals surface area contributed by atoms with Crippen molar-refractivity contribution in [1.82, 2.24) is 0 Å². The van der Waals surface area contributed by atoms with E-state index in [0.717, 1.165) is 25.7 Å². The van der Waals surface area contributed by atoms with Gasteiger partial charge in [-0.05, 0) is 32.6 Å². The van der Waals surface area contributed by atoms with Gasteiger partial charge in [-0.25, -0.2) is 0 Å². The molecule has 0 aromatic heterocycles. The van der Waals surface area contributed by atoms with Crippen LogP contribution in [0.5, 0.6) is 0 Å². The van der Waals surface area contributed by atoms with Crippen molar-refractivity contribution in [2.75, 3.05) is 5.75 Å². The first kappa shape index (κ1) is 11.5. The summed E-state index contributed by atoms with van der Waals surface area (Å²) >= 11 is 0. The molecule has 1 fully saturated rings. The van der Waals surface area contributed by atoms with E-state index in [4.69, 9.17) is 5.73 Å². The minimum absolute atomic E-state index is 0.0479. The molecule has 0 spiro atoms. The Kier molecular flexibility index (Phi) is 3.90. The molecule has 1 rings (SSSR count). The van der Waals surface area contributed by atoms with Gasteiger partial charge in [-0.3, -0.25) is 0 Å². The van der Waals surface area contributed by atoms with E-state index >= 15 is 0 Å². The van der Waals surface area contributed by atoms with Crippen LogP contribution in [0.15, 0.2) is 0 Å². The van der Waals surface area contributed by atoms with Crippen LogP contribution in [0.3, 0.4) is 0 Å². The highest BCUT2D eigenvalue weighted by molar-refractivity contribution is 7.93. The van der Waals surface area contributed by atoms with Crippen molar-refractivity contribution in [3.8, 4) is 6.07 Å². The lowest BCUT2D eigenvalue weighted by Crippen LogP contribution is -2.25. The number of nitrogens with two attached hydrogens (primary N) is 1.